The fraction of sp³-hybridized carbons (Fsp3) is 0.306. The molecule has 5 aromatic carbocycles. The smallest absolute Gasteiger partial charge is 0.269 e. The third kappa shape index (κ3) is 7.05. The highest BCUT2D eigenvalue weighted by Gasteiger charge is 2.66. The molecule has 1 spiro atoms. The van der Waals surface area contributed by atoms with Gasteiger partial charge in [0.15, 0.2) is 18.8 Å². The van der Waals surface area contributed by atoms with Crippen LogP contribution in [-0.2, 0) is 42.6 Å². The molecule has 1 fully saturated rings. The Balaban J connectivity index is 1.10. The summed E-state index contributed by atoms with van der Waals surface area (Å²) in [5, 5.41) is 21.9. The van der Waals surface area contributed by atoms with E-state index in [-0.39, 0.29) is 69.5 Å². The summed E-state index contributed by atoms with van der Waals surface area (Å²) in [6.45, 7) is 5.19. The maximum absolute atomic E-state index is 15.5. The molecule has 1 saturated heterocycles. The van der Waals surface area contributed by atoms with E-state index in [0.717, 1.165) is 11.1 Å². The Hall–Kier alpha value is -6.54. The van der Waals surface area contributed by atoms with E-state index in [9.17, 15) is 24.6 Å². The van der Waals surface area contributed by atoms with E-state index in [0.29, 0.717) is 45.5 Å². The van der Waals surface area contributed by atoms with Crippen molar-refractivity contribution in [1.29, 1.82) is 0 Å². The second kappa shape index (κ2) is 16.1. The molecule has 0 aromatic heterocycles. The molecule has 318 valence electrons. The Bertz CT molecular complexity index is 2540. The first-order chi connectivity index (χ1) is 29.9. The first-order valence-corrected chi connectivity index (χ1v) is 20.9. The third-order valence-corrected chi connectivity index (χ3v) is 12.5. The highest BCUT2D eigenvalue weighted by Crippen LogP contribution is 2.59. The van der Waals surface area contributed by atoms with Gasteiger partial charge in [-0.15, -0.1) is 0 Å². The summed E-state index contributed by atoms with van der Waals surface area (Å²) in [4.78, 5) is 62.8. The number of anilines is 5. The lowest BCUT2D eigenvalue weighted by Crippen LogP contribution is -2.46. The zero-order chi connectivity index (χ0) is 43.3. The van der Waals surface area contributed by atoms with Crippen molar-refractivity contribution in [2.24, 2.45) is 11.8 Å². The van der Waals surface area contributed by atoms with E-state index in [4.69, 9.17) is 14.2 Å². The second-order valence-electron chi connectivity index (χ2n) is 16.8. The second-order valence-corrected chi connectivity index (χ2v) is 16.8. The molecule has 4 heterocycles. The predicted molar refractivity (Wildman–Crippen MR) is 231 cm³/mol. The summed E-state index contributed by atoms with van der Waals surface area (Å²) in [5.41, 5.74) is 2.03. The van der Waals surface area contributed by atoms with Crippen LogP contribution in [0.25, 0.3) is 0 Å². The van der Waals surface area contributed by atoms with Crippen molar-refractivity contribution in [2.45, 2.75) is 57.6 Å². The van der Waals surface area contributed by atoms with Gasteiger partial charge >= 0.3 is 0 Å². The molecule has 0 bridgehead atoms. The number of carbonyl (C=O) groups is 4. The first-order valence-electron chi connectivity index (χ1n) is 20.9. The molecule has 9 rings (SSSR count). The van der Waals surface area contributed by atoms with Crippen molar-refractivity contribution in [3.8, 4) is 11.5 Å². The average Bonchev–Trinajstić information content (AvgIpc) is 3.69. The van der Waals surface area contributed by atoms with Crippen molar-refractivity contribution in [3.63, 3.8) is 0 Å². The van der Waals surface area contributed by atoms with Gasteiger partial charge in [0.2, 0.25) is 5.91 Å². The minimum absolute atomic E-state index is 0.0906. The number of fused-ring (bicyclic) bond motifs is 4. The van der Waals surface area contributed by atoms with Gasteiger partial charge in [0, 0.05) is 41.9 Å². The maximum atomic E-state index is 15.5. The maximum Gasteiger partial charge on any atom is 0.269 e. The van der Waals surface area contributed by atoms with Crippen LogP contribution in [-0.4, -0.2) is 76.8 Å². The standard InChI is InChI=1S/C49H48N4O9/c1-31-46(48(2,3)59)42(26-43(55)50(23-24-54)27-32-11-5-4-6-12-32)62-49(31)36-25-35(53-39-14-8-10-16-41(39)61-30-45(53)57)21-22-37(36)51(47(49)58)28-33-17-19-34(20-18-33)52-38-13-7-9-15-40(38)60-29-44(52)56/h4-22,25,31,42,46,54,59H,23-24,26-30H2,1-3H3/t31-,42+,46-,49+/m1/s1. The zero-order valence-corrected chi connectivity index (χ0v) is 34.8. The molecule has 4 aliphatic rings. The predicted octanol–water partition coefficient (Wildman–Crippen LogP) is 6.38. The number of para-hydroxylation sites is 4. The summed E-state index contributed by atoms with van der Waals surface area (Å²) in [6, 6.07) is 36.9. The van der Waals surface area contributed by atoms with E-state index >= 15 is 4.79 Å². The van der Waals surface area contributed by atoms with Gasteiger partial charge in [0.25, 0.3) is 17.7 Å². The normalized spacial score (nSPS) is 21.7. The fourth-order valence-electron chi connectivity index (χ4n) is 9.78. The lowest BCUT2D eigenvalue weighted by Gasteiger charge is -2.34. The van der Waals surface area contributed by atoms with E-state index in [1.54, 1.807) is 51.6 Å². The summed E-state index contributed by atoms with van der Waals surface area (Å²) < 4.78 is 18.5. The monoisotopic (exact) mass is 836 g/mol. The Morgan fingerprint density at radius 1 is 0.758 bits per heavy atom. The Morgan fingerprint density at radius 2 is 1.34 bits per heavy atom. The molecular formula is C49H48N4O9. The molecular weight excluding hydrogens is 789 g/mol. The lowest BCUT2D eigenvalue weighted by atomic mass is 9.70. The highest BCUT2D eigenvalue weighted by atomic mass is 16.5. The number of aliphatic hydroxyl groups is 2. The molecule has 4 amide bonds. The Morgan fingerprint density at radius 3 is 1.95 bits per heavy atom. The number of carbonyl (C=O) groups excluding carboxylic acids is 4. The van der Waals surface area contributed by atoms with Crippen LogP contribution in [0.1, 0.15) is 43.9 Å². The number of amides is 4. The number of hydrogen-bond donors (Lipinski definition) is 2. The molecule has 0 aliphatic carbocycles. The van der Waals surface area contributed by atoms with Crippen molar-refractivity contribution in [2.75, 3.05) is 41.1 Å². The fourth-order valence-corrected chi connectivity index (χ4v) is 9.78. The minimum Gasteiger partial charge on any atom is -0.482 e. The van der Waals surface area contributed by atoms with E-state index < -0.39 is 29.1 Å². The van der Waals surface area contributed by atoms with Crippen molar-refractivity contribution >= 4 is 52.1 Å². The van der Waals surface area contributed by atoms with Gasteiger partial charge in [-0.3, -0.25) is 29.0 Å². The molecule has 5 aromatic rings. The molecule has 0 radical (unpaired) electrons. The van der Waals surface area contributed by atoms with Gasteiger partial charge in [-0.1, -0.05) is 73.7 Å². The third-order valence-electron chi connectivity index (χ3n) is 12.5. The molecule has 62 heavy (non-hydrogen) atoms. The van der Waals surface area contributed by atoms with Crippen LogP contribution in [0.5, 0.6) is 11.5 Å². The SMILES string of the molecule is C[C@@H]1[C@@H](C(C)(C)O)[C@H](CC(=O)N(CCO)Cc2ccccc2)O[C@@]12C(=O)N(Cc1ccc(N3C(=O)COc4ccccc43)cc1)c1ccc(N3C(=O)COc4ccccc43)cc12. The minimum atomic E-state index is -1.67. The van der Waals surface area contributed by atoms with Crippen LogP contribution in [0, 0.1) is 11.8 Å². The van der Waals surface area contributed by atoms with Crippen molar-refractivity contribution < 1.29 is 43.6 Å². The van der Waals surface area contributed by atoms with Crippen molar-refractivity contribution in [1.82, 2.24) is 4.90 Å². The number of benzene rings is 5. The molecule has 13 nitrogen and oxygen atoms in total. The van der Waals surface area contributed by atoms with Gasteiger partial charge < -0.3 is 34.2 Å². The summed E-state index contributed by atoms with van der Waals surface area (Å²) in [5.74, 6) is -1.36. The highest BCUT2D eigenvalue weighted by molar-refractivity contribution is 6.10. The zero-order valence-electron chi connectivity index (χ0n) is 34.8. The lowest BCUT2D eigenvalue weighted by molar-refractivity contribution is -0.150. The van der Waals surface area contributed by atoms with Gasteiger partial charge in [0.1, 0.15) is 11.5 Å². The molecule has 4 aliphatic heterocycles. The van der Waals surface area contributed by atoms with Crippen LogP contribution in [0.3, 0.4) is 0 Å². The topological polar surface area (TPSA) is 149 Å². The van der Waals surface area contributed by atoms with Crippen LogP contribution in [0.15, 0.2) is 121 Å². The molecule has 0 saturated carbocycles. The number of rotatable bonds is 11. The van der Waals surface area contributed by atoms with Crippen LogP contribution in [0.4, 0.5) is 28.4 Å². The molecule has 0 unspecified atom stereocenters. The largest absolute Gasteiger partial charge is 0.482 e. The molecule has 13 heteroatoms. The van der Waals surface area contributed by atoms with E-state index in [1.807, 2.05) is 110 Å². The number of hydrogen-bond acceptors (Lipinski definition) is 9. The van der Waals surface area contributed by atoms with Crippen LogP contribution >= 0.6 is 0 Å². The Labute approximate surface area is 359 Å². The van der Waals surface area contributed by atoms with E-state index in [1.165, 1.54) is 0 Å². The van der Waals surface area contributed by atoms with Gasteiger partial charge in [-0.05, 0) is 79.6 Å². The van der Waals surface area contributed by atoms with Gasteiger partial charge in [0.05, 0.1) is 48.3 Å². The summed E-state index contributed by atoms with van der Waals surface area (Å²) >= 11 is 0. The molecule has 4 atom stereocenters. The van der Waals surface area contributed by atoms with Crippen LogP contribution < -0.4 is 24.2 Å². The first kappa shape index (κ1) is 40.8. The average molecular weight is 837 g/mol. The van der Waals surface area contributed by atoms with Gasteiger partial charge in [-0.2, -0.15) is 0 Å². The van der Waals surface area contributed by atoms with E-state index in [2.05, 4.69) is 0 Å². The number of ether oxygens (including phenoxy) is 3. The Kier molecular flexibility index (Phi) is 10.6. The number of aliphatic hydroxyl groups excluding tert-OH is 1. The molecule has 2 N–H and O–H groups in total. The summed E-state index contributed by atoms with van der Waals surface area (Å²) in [7, 11) is 0. The van der Waals surface area contributed by atoms with Gasteiger partial charge in [-0.25, -0.2) is 0 Å². The quantitative estimate of drug-likeness (QED) is 0.155. The summed E-state index contributed by atoms with van der Waals surface area (Å²) in [6.07, 6.45) is -1.07. The van der Waals surface area contributed by atoms with Crippen LogP contribution in [0.2, 0.25) is 0 Å². The number of nitrogens with zero attached hydrogens (tertiary/aromatic N) is 4. The van der Waals surface area contributed by atoms with Crippen molar-refractivity contribution in [3.05, 3.63) is 138 Å².